The van der Waals surface area contributed by atoms with E-state index in [2.05, 4.69) is 24.5 Å². The second-order valence-electron chi connectivity index (χ2n) is 13.5. The zero-order chi connectivity index (χ0) is 35.5. The van der Waals surface area contributed by atoms with E-state index >= 15 is 0 Å². The summed E-state index contributed by atoms with van der Waals surface area (Å²) in [4.78, 5) is 26.3. The first-order valence-corrected chi connectivity index (χ1v) is 19.8. The van der Waals surface area contributed by atoms with Gasteiger partial charge in [-0.15, -0.1) is 0 Å². The SMILES string of the molecule is CCCCCCCCCCCCOc1ccccc1C(=O)Nc1ccc(NC(=O)c2ccccc2OCCCCCCCCCCCC)cc1. The molecule has 0 bridgehead atoms. The van der Waals surface area contributed by atoms with Gasteiger partial charge in [0.25, 0.3) is 11.8 Å². The van der Waals surface area contributed by atoms with Gasteiger partial charge >= 0.3 is 0 Å². The molecule has 0 aliphatic heterocycles. The van der Waals surface area contributed by atoms with E-state index in [9.17, 15) is 9.59 Å². The summed E-state index contributed by atoms with van der Waals surface area (Å²) in [5.74, 6) is 0.737. The van der Waals surface area contributed by atoms with Gasteiger partial charge in [0.1, 0.15) is 11.5 Å². The molecular formula is C44H64N2O4. The Morgan fingerprint density at radius 2 is 0.720 bits per heavy atom. The predicted molar refractivity (Wildman–Crippen MR) is 210 cm³/mol. The predicted octanol–water partition coefficient (Wildman–Crippen LogP) is 12.8. The molecule has 2 amide bonds. The normalized spacial score (nSPS) is 10.9. The molecule has 3 aromatic rings. The van der Waals surface area contributed by atoms with Gasteiger partial charge in [-0.3, -0.25) is 9.59 Å². The Hall–Kier alpha value is -3.80. The van der Waals surface area contributed by atoms with E-state index in [1.54, 1.807) is 36.4 Å². The molecule has 6 heteroatoms. The van der Waals surface area contributed by atoms with Gasteiger partial charge in [0.05, 0.1) is 24.3 Å². The summed E-state index contributed by atoms with van der Waals surface area (Å²) in [6.45, 7) is 5.71. The number of nitrogens with one attached hydrogen (secondary N) is 2. The quantitative estimate of drug-likeness (QED) is 0.0746. The zero-order valence-corrected chi connectivity index (χ0v) is 31.1. The van der Waals surface area contributed by atoms with Crippen molar-refractivity contribution in [3.8, 4) is 11.5 Å². The molecule has 0 unspecified atom stereocenters. The Morgan fingerprint density at radius 3 is 1.06 bits per heavy atom. The molecular weight excluding hydrogens is 620 g/mol. The van der Waals surface area contributed by atoms with Crippen LogP contribution in [0.15, 0.2) is 72.8 Å². The topological polar surface area (TPSA) is 76.7 Å². The minimum Gasteiger partial charge on any atom is -0.493 e. The minimum absolute atomic E-state index is 0.228. The van der Waals surface area contributed by atoms with Gasteiger partial charge in [0, 0.05) is 11.4 Å². The lowest BCUT2D eigenvalue weighted by molar-refractivity contribution is 0.101. The van der Waals surface area contributed by atoms with Crippen LogP contribution in [-0.2, 0) is 0 Å². The van der Waals surface area contributed by atoms with Gasteiger partial charge in [0.2, 0.25) is 0 Å². The molecule has 274 valence electrons. The number of ether oxygens (including phenoxy) is 2. The van der Waals surface area contributed by atoms with Crippen molar-refractivity contribution in [2.75, 3.05) is 23.8 Å². The van der Waals surface area contributed by atoms with Crippen molar-refractivity contribution in [1.29, 1.82) is 0 Å². The molecule has 6 nitrogen and oxygen atoms in total. The highest BCUT2D eigenvalue weighted by atomic mass is 16.5. The molecule has 0 fully saturated rings. The van der Waals surface area contributed by atoms with Gasteiger partial charge in [-0.1, -0.05) is 154 Å². The van der Waals surface area contributed by atoms with Crippen molar-refractivity contribution < 1.29 is 19.1 Å². The van der Waals surface area contributed by atoms with Crippen LogP contribution in [0.4, 0.5) is 11.4 Å². The molecule has 2 N–H and O–H groups in total. The zero-order valence-electron chi connectivity index (χ0n) is 31.1. The number of para-hydroxylation sites is 2. The van der Waals surface area contributed by atoms with Crippen molar-refractivity contribution in [2.45, 2.75) is 142 Å². The molecule has 0 aromatic heterocycles. The molecule has 0 saturated carbocycles. The number of amides is 2. The fraction of sp³-hybridized carbons (Fsp3) is 0.545. The minimum atomic E-state index is -0.228. The van der Waals surface area contributed by atoms with Gasteiger partial charge in [-0.05, 0) is 61.4 Å². The molecule has 0 saturated heterocycles. The highest BCUT2D eigenvalue weighted by molar-refractivity contribution is 6.07. The Morgan fingerprint density at radius 1 is 0.420 bits per heavy atom. The van der Waals surface area contributed by atoms with Crippen LogP contribution in [0.25, 0.3) is 0 Å². The standard InChI is InChI=1S/C44H64N2O4/c1-3-5-7-9-11-13-15-17-19-25-35-49-41-29-23-21-27-39(41)43(47)45-37-31-33-38(34-32-37)46-44(48)40-28-22-24-30-42(40)50-36-26-20-18-16-14-12-10-8-6-4-2/h21-24,27-34H,3-20,25-26,35-36H2,1-2H3,(H,45,47)(H,46,48). The number of anilines is 2. The van der Waals surface area contributed by atoms with Crippen LogP contribution in [0.2, 0.25) is 0 Å². The summed E-state index contributed by atoms with van der Waals surface area (Å²) in [5.41, 5.74) is 2.29. The summed E-state index contributed by atoms with van der Waals surface area (Å²) in [7, 11) is 0. The van der Waals surface area contributed by atoms with E-state index in [0.717, 1.165) is 25.7 Å². The summed E-state index contributed by atoms with van der Waals surface area (Å²) < 4.78 is 12.1. The number of carbonyl (C=O) groups excluding carboxylic acids is 2. The van der Waals surface area contributed by atoms with Crippen LogP contribution in [0.1, 0.15) is 163 Å². The molecule has 0 aliphatic rings. The number of unbranched alkanes of at least 4 members (excludes halogenated alkanes) is 18. The summed E-state index contributed by atoms with van der Waals surface area (Å²) >= 11 is 0. The molecule has 0 radical (unpaired) electrons. The van der Waals surface area contributed by atoms with E-state index < -0.39 is 0 Å². The van der Waals surface area contributed by atoms with Crippen LogP contribution in [0.3, 0.4) is 0 Å². The number of carbonyl (C=O) groups is 2. The van der Waals surface area contributed by atoms with E-state index in [4.69, 9.17) is 9.47 Å². The molecule has 0 spiro atoms. The third kappa shape index (κ3) is 16.7. The molecule has 50 heavy (non-hydrogen) atoms. The maximum absolute atomic E-state index is 13.2. The van der Waals surface area contributed by atoms with Crippen molar-refractivity contribution in [2.24, 2.45) is 0 Å². The second kappa shape index (κ2) is 26.1. The number of rotatable bonds is 28. The third-order valence-corrected chi connectivity index (χ3v) is 9.17. The van der Waals surface area contributed by atoms with Gasteiger partial charge < -0.3 is 20.1 Å². The van der Waals surface area contributed by atoms with Crippen molar-refractivity contribution in [1.82, 2.24) is 0 Å². The number of benzene rings is 3. The van der Waals surface area contributed by atoms with Gasteiger partial charge in [-0.2, -0.15) is 0 Å². The summed E-state index contributed by atoms with van der Waals surface area (Å²) in [6, 6.07) is 21.9. The van der Waals surface area contributed by atoms with Crippen LogP contribution >= 0.6 is 0 Å². The van der Waals surface area contributed by atoms with Crippen LogP contribution < -0.4 is 20.1 Å². The fourth-order valence-corrected chi connectivity index (χ4v) is 6.14. The largest absolute Gasteiger partial charge is 0.493 e. The smallest absolute Gasteiger partial charge is 0.259 e. The van der Waals surface area contributed by atoms with Gasteiger partial charge in [-0.25, -0.2) is 0 Å². The number of hydrogen-bond acceptors (Lipinski definition) is 4. The highest BCUT2D eigenvalue weighted by Crippen LogP contribution is 2.24. The van der Waals surface area contributed by atoms with Gasteiger partial charge in [0.15, 0.2) is 0 Å². The fourth-order valence-electron chi connectivity index (χ4n) is 6.14. The monoisotopic (exact) mass is 684 g/mol. The van der Waals surface area contributed by atoms with E-state index in [1.807, 2.05) is 36.4 Å². The molecule has 3 aromatic carbocycles. The first-order chi connectivity index (χ1) is 24.6. The first kappa shape index (κ1) is 40.6. The van der Waals surface area contributed by atoms with Crippen molar-refractivity contribution in [3.63, 3.8) is 0 Å². The Labute approximate surface area is 303 Å². The lowest BCUT2D eigenvalue weighted by Crippen LogP contribution is -2.15. The summed E-state index contributed by atoms with van der Waals surface area (Å²) in [5, 5.41) is 5.93. The Kier molecular flexibility index (Phi) is 21.2. The third-order valence-electron chi connectivity index (χ3n) is 9.17. The Balaban J connectivity index is 1.37. The average Bonchev–Trinajstić information content (AvgIpc) is 3.14. The number of hydrogen-bond donors (Lipinski definition) is 2. The van der Waals surface area contributed by atoms with E-state index in [1.165, 1.54) is 103 Å². The van der Waals surface area contributed by atoms with E-state index in [-0.39, 0.29) is 11.8 Å². The van der Waals surface area contributed by atoms with Crippen LogP contribution in [0, 0.1) is 0 Å². The van der Waals surface area contributed by atoms with E-state index in [0.29, 0.717) is 47.2 Å². The molecule has 0 aliphatic carbocycles. The van der Waals surface area contributed by atoms with Crippen molar-refractivity contribution >= 4 is 23.2 Å². The molecule has 0 heterocycles. The highest BCUT2D eigenvalue weighted by Gasteiger charge is 2.14. The van der Waals surface area contributed by atoms with Crippen LogP contribution in [0.5, 0.6) is 11.5 Å². The lowest BCUT2D eigenvalue weighted by atomic mass is 10.1. The molecule has 3 rings (SSSR count). The first-order valence-electron chi connectivity index (χ1n) is 19.8. The Bertz CT molecular complexity index is 1240. The summed E-state index contributed by atoms with van der Waals surface area (Å²) in [6.07, 6.45) is 25.4. The second-order valence-corrected chi connectivity index (χ2v) is 13.5. The van der Waals surface area contributed by atoms with Crippen molar-refractivity contribution in [3.05, 3.63) is 83.9 Å². The van der Waals surface area contributed by atoms with Crippen LogP contribution in [-0.4, -0.2) is 25.0 Å². The maximum Gasteiger partial charge on any atom is 0.259 e. The maximum atomic E-state index is 13.2. The molecule has 0 atom stereocenters. The average molecular weight is 685 g/mol. The lowest BCUT2D eigenvalue weighted by Gasteiger charge is -2.13.